The number of hydrogen-bond donors (Lipinski definition) is 1. The lowest BCUT2D eigenvalue weighted by molar-refractivity contribution is -0.140. The first-order valence-corrected chi connectivity index (χ1v) is 9.86. The molecule has 2 aromatic rings. The third kappa shape index (κ3) is 5.94. The zero-order valence-corrected chi connectivity index (χ0v) is 17.4. The van der Waals surface area contributed by atoms with Crippen molar-refractivity contribution in [3.05, 3.63) is 69.5 Å². The van der Waals surface area contributed by atoms with E-state index in [0.29, 0.717) is 28.6 Å². The maximum Gasteiger partial charge on any atom is 0.242 e. The van der Waals surface area contributed by atoms with Crippen LogP contribution in [0, 0.1) is 5.82 Å². The third-order valence-electron chi connectivity index (χ3n) is 4.34. The molecule has 0 spiro atoms. The molecular weight excluding hydrogens is 402 g/mol. The summed E-state index contributed by atoms with van der Waals surface area (Å²) >= 11 is 12.0. The SMILES string of the molecule is CCNC(=O)[C@@H](CC)N(Cc1ccc(F)cc1)C(=O)Cc1ccc(Cl)c(Cl)c1. The van der Waals surface area contributed by atoms with E-state index in [0.717, 1.165) is 5.56 Å². The van der Waals surface area contributed by atoms with Gasteiger partial charge in [-0.15, -0.1) is 0 Å². The van der Waals surface area contributed by atoms with Gasteiger partial charge in [0.2, 0.25) is 11.8 Å². The summed E-state index contributed by atoms with van der Waals surface area (Å²) in [6.45, 7) is 4.35. The van der Waals surface area contributed by atoms with E-state index in [4.69, 9.17) is 23.2 Å². The van der Waals surface area contributed by atoms with Crippen molar-refractivity contribution in [2.24, 2.45) is 0 Å². The van der Waals surface area contributed by atoms with Crippen LogP contribution in [0.15, 0.2) is 42.5 Å². The Hall–Kier alpha value is -2.11. The summed E-state index contributed by atoms with van der Waals surface area (Å²) in [5, 5.41) is 3.56. The third-order valence-corrected chi connectivity index (χ3v) is 5.08. The fourth-order valence-corrected chi connectivity index (χ4v) is 3.24. The van der Waals surface area contributed by atoms with Crippen LogP contribution in [0.4, 0.5) is 4.39 Å². The molecule has 7 heteroatoms. The first kappa shape index (κ1) is 22.2. The van der Waals surface area contributed by atoms with Crippen molar-refractivity contribution in [3.8, 4) is 0 Å². The molecule has 150 valence electrons. The molecule has 0 aliphatic rings. The first-order valence-electron chi connectivity index (χ1n) is 9.11. The lowest BCUT2D eigenvalue weighted by Gasteiger charge is -2.30. The van der Waals surface area contributed by atoms with E-state index in [1.54, 1.807) is 30.3 Å². The minimum absolute atomic E-state index is 0.0774. The number of likely N-dealkylation sites (N-methyl/N-ethyl adjacent to an activating group) is 1. The smallest absolute Gasteiger partial charge is 0.242 e. The molecule has 0 heterocycles. The molecule has 28 heavy (non-hydrogen) atoms. The van der Waals surface area contributed by atoms with Gasteiger partial charge < -0.3 is 10.2 Å². The van der Waals surface area contributed by atoms with Gasteiger partial charge in [0.25, 0.3) is 0 Å². The Kier molecular flexibility index (Phi) is 8.27. The van der Waals surface area contributed by atoms with Gasteiger partial charge >= 0.3 is 0 Å². The molecular formula is C21H23Cl2FN2O2. The molecule has 0 aliphatic carbocycles. The van der Waals surface area contributed by atoms with Gasteiger partial charge in [-0.3, -0.25) is 9.59 Å². The van der Waals surface area contributed by atoms with Crippen molar-refractivity contribution < 1.29 is 14.0 Å². The van der Waals surface area contributed by atoms with Gasteiger partial charge in [0.05, 0.1) is 16.5 Å². The molecule has 0 unspecified atom stereocenters. The van der Waals surface area contributed by atoms with E-state index in [1.165, 1.54) is 17.0 Å². The number of halogens is 3. The highest BCUT2D eigenvalue weighted by atomic mass is 35.5. The van der Waals surface area contributed by atoms with Crippen LogP contribution in [0.3, 0.4) is 0 Å². The Bertz CT molecular complexity index is 828. The number of amides is 2. The molecule has 0 fully saturated rings. The number of nitrogens with zero attached hydrogens (tertiary/aromatic N) is 1. The standard InChI is InChI=1S/C21H23Cl2FN2O2/c1-3-19(21(28)25-4-2)26(13-14-5-8-16(24)9-6-14)20(27)12-15-7-10-17(22)18(23)11-15/h5-11,19H,3-4,12-13H2,1-2H3,(H,25,28)/t19-/m1/s1. The van der Waals surface area contributed by atoms with Crippen LogP contribution in [0.2, 0.25) is 10.0 Å². The van der Waals surface area contributed by atoms with E-state index in [9.17, 15) is 14.0 Å². The van der Waals surface area contributed by atoms with Crippen molar-refractivity contribution >= 4 is 35.0 Å². The van der Waals surface area contributed by atoms with Gasteiger partial charge in [0.1, 0.15) is 11.9 Å². The lowest BCUT2D eigenvalue weighted by Crippen LogP contribution is -2.49. The monoisotopic (exact) mass is 424 g/mol. The van der Waals surface area contributed by atoms with Crippen LogP contribution in [-0.4, -0.2) is 29.3 Å². The normalized spacial score (nSPS) is 11.8. The minimum atomic E-state index is -0.625. The maximum absolute atomic E-state index is 13.2. The molecule has 0 aromatic heterocycles. The summed E-state index contributed by atoms with van der Waals surface area (Å²) in [7, 11) is 0. The fourth-order valence-electron chi connectivity index (χ4n) is 2.92. The highest BCUT2D eigenvalue weighted by molar-refractivity contribution is 6.42. The van der Waals surface area contributed by atoms with E-state index in [1.807, 2.05) is 13.8 Å². The van der Waals surface area contributed by atoms with E-state index >= 15 is 0 Å². The fraction of sp³-hybridized carbons (Fsp3) is 0.333. The predicted octanol–water partition coefficient (Wildman–Crippen LogP) is 4.62. The molecule has 0 saturated carbocycles. The topological polar surface area (TPSA) is 49.4 Å². The number of hydrogen-bond acceptors (Lipinski definition) is 2. The zero-order chi connectivity index (χ0) is 20.7. The average Bonchev–Trinajstić information content (AvgIpc) is 2.66. The Labute approximate surface area is 174 Å². The summed E-state index contributed by atoms with van der Waals surface area (Å²) < 4.78 is 13.2. The quantitative estimate of drug-likeness (QED) is 0.671. The number of benzene rings is 2. The predicted molar refractivity (Wildman–Crippen MR) is 110 cm³/mol. The second kappa shape index (κ2) is 10.4. The van der Waals surface area contributed by atoms with Crippen LogP contribution < -0.4 is 5.32 Å². The van der Waals surface area contributed by atoms with Crippen molar-refractivity contribution in [1.29, 1.82) is 0 Å². The summed E-state index contributed by atoms with van der Waals surface area (Å²) in [4.78, 5) is 27.1. The average molecular weight is 425 g/mol. The zero-order valence-electron chi connectivity index (χ0n) is 15.8. The van der Waals surface area contributed by atoms with E-state index < -0.39 is 6.04 Å². The molecule has 4 nitrogen and oxygen atoms in total. The van der Waals surface area contributed by atoms with Crippen molar-refractivity contribution in [2.75, 3.05) is 6.54 Å². The van der Waals surface area contributed by atoms with E-state index in [2.05, 4.69) is 5.32 Å². The number of rotatable bonds is 8. The first-order chi connectivity index (χ1) is 13.3. The largest absolute Gasteiger partial charge is 0.355 e. The molecule has 2 rings (SSSR count). The van der Waals surface area contributed by atoms with Crippen LogP contribution >= 0.6 is 23.2 Å². The Morgan fingerprint density at radius 3 is 2.25 bits per heavy atom. The van der Waals surface area contributed by atoms with Gasteiger partial charge in [-0.05, 0) is 48.7 Å². The van der Waals surface area contributed by atoms with Gasteiger partial charge in [-0.2, -0.15) is 0 Å². The lowest BCUT2D eigenvalue weighted by atomic mass is 10.1. The summed E-state index contributed by atoms with van der Waals surface area (Å²) in [5.74, 6) is -0.788. The maximum atomic E-state index is 13.2. The number of nitrogens with one attached hydrogen (secondary N) is 1. The Morgan fingerprint density at radius 2 is 1.68 bits per heavy atom. The minimum Gasteiger partial charge on any atom is -0.355 e. The summed E-state index contributed by atoms with van der Waals surface area (Å²) in [5.41, 5.74) is 1.45. The van der Waals surface area contributed by atoms with Crippen molar-refractivity contribution in [2.45, 2.75) is 39.3 Å². The highest BCUT2D eigenvalue weighted by Gasteiger charge is 2.28. The second-order valence-electron chi connectivity index (χ2n) is 6.39. The van der Waals surface area contributed by atoms with Crippen LogP contribution in [-0.2, 0) is 22.6 Å². The number of carbonyl (C=O) groups excluding carboxylic acids is 2. The van der Waals surface area contributed by atoms with Gasteiger partial charge in [-0.25, -0.2) is 4.39 Å². The summed E-state index contributed by atoms with van der Waals surface area (Å²) in [6, 6.07) is 10.3. The van der Waals surface area contributed by atoms with Crippen LogP contribution in [0.25, 0.3) is 0 Å². The van der Waals surface area contributed by atoms with Crippen molar-refractivity contribution in [1.82, 2.24) is 10.2 Å². The molecule has 2 amide bonds. The summed E-state index contributed by atoms with van der Waals surface area (Å²) in [6.07, 6.45) is 0.536. The number of carbonyl (C=O) groups is 2. The molecule has 1 N–H and O–H groups in total. The Balaban J connectivity index is 2.28. The molecule has 2 aromatic carbocycles. The van der Waals surface area contributed by atoms with E-state index in [-0.39, 0.29) is 30.6 Å². The Morgan fingerprint density at radius 1 is 1.04 bits per heavy atom. The highest BCUT2D eigenvalue weighted by Crippen LogP contribution is 2.23. The molecule has 0 saturated heterocycles. The molecule has 0 radical (unpaired) electrons. The van der Waals surface area contributed by atoms with Crippen LogP contribution in [0.1, 0.15) is 31.4 Å². The van der Waals surface area contributed by atoms with Gasteiger partial charge in [0, 0.05) is 13.1 Å². The van der Waals surface area contributed by atoms with Gasteiger partial charge in [0.15, 0.2) is 0 Å². The van der Waals surface area contributed by atoms with Crippen LogP contribution in [0.5, 0.6) is 0 Å². The second-order valence-corrected chi connectivity index (χ2v) is 7.21. The molecule has 1 atom stereocenters. The molecule has 0 aliphatic heterocycles. The molecule has 0 bridgehead atoms. The van der Waals surface area contributed by atoms with Gasteiger partial charge in [-0.1, -0.05) is 48.3 Å². The van der Waals surface area contributed by atoms with Crippen molar-refractivity contribution in [3.63, 3.8) is 0 Å².